The third-order valence-electron chi connectivity index (χ3n) is 5.29. The normalized spacial score (nSPS) is 36.5. The molecule has 2 heteroatoms. The van der Waals surface area contributed by atoms with E-state index in [0.29, 0.717) is 18.0 Å². The fourth-order valence-corrected chi connectivity index (χ4v) is 3.67. The first-order valence-corrected chi connectivity index (χ1v) is 7.68. The molecule has 0 spiro atoms. The van der Waals surface area contributed by atoms with Crippen molar-refractivity contribution in [3.8, 4) is 0 Å². The van der Waals surface area contributed by atoms with E-state index in [9.17, 15) is 0 Å². The van der Waals surface area contributed by atoms with E-state index < -0.39 is 0 Å². The number of hydrogen-bond acceptors (Lipinski definition) is 2. The lowest BCUT2D eigenvalue weighted by molar-refractivity contribution is 0.0948. The molecular weight excluding hydrogens is 208 g/mol. The van der Waals surface area contributed by atoms with Crippen molar-refractivity contribution in [1.82, 2.24) is 4.90 Å². The van der Waals surface area contributed by atoms with E-state index in [1.54, 1.807) is 0 Å². The second kappa shape index (κ2) is 6.19. The van der Waals surface area contributed by atoms with Crippen molar-refractivity contribution in [3.05, 3.63) is 0 Å². The zero-order valence-corrected chi connectivity index (χ0v) is 11.7. The minimum absolute atomic E-state index is 0.427. The van der Waals surface area contributed by atoms with Gasteiger partial charge >= 0.3 is 0 Å². The van der Waals surface area contributed by atoms with Crippen LogP contribution in [-0.2, 0) is 0 Å². The molecule has 3 unspecified atom stereocenters. The molecule has 0 bridgehead atoms. The van der Waals surface area contributed by atoms with Crippen molar-refractivity contribution < 1.29 is 0 Å². The monoisotopic (exact) mass is 238 g/mol. The SMILES string of the molecule is CC1C(N)CCN(CCCC2CCCC2)C1C. The van der Waals surface area contributed by atoms with Gasteiger partial charge in [-0.15, -0.1) is 0 Å². The smallest absolute Gasteiger partial charge is 0.0107 e. The van der Waals surface area contributed by atoms with E-state index in [1.165, 1.54) is 58.0 Å². The van der Waals surface area contributed by atoms with Crippen molar-refractivity contribution in [2.24, 2.45) is 17.6 Å². The van der Waals surface area contributed by atoms with Crippen LogP contribution in [0.25, 0.3) is 0 Å². The molecule has 3 atom stereocenters. The molecule has 0 aromatic rings. The Morgan fingerprint density at radius 2 is 1.82 bits per heavy atom. The van der Waals surface area contributed by atoms with E-state index in [2.05, 4.69) is 18.7 Å². The highest BCUT2D eigenvalue weighted by Gasteiger charge is 2.29. The van der Waals surface area contributed by atoms with Crippen LogP contribution in [-0.4, -0.2) is 30.1 Å². The Morgan fingerprint density at radius 1 is 1.12 bits per heavy atom. The van der Waals surface area contributed by atoms with Crippen LogP contribution in [0.2, 0.25) is 0 Å². The maximum absolute atomic E-state index is 6.13. The van der Waals surface area contributed by atoms with Gasteiger partial charge in [0.05, 0.1) is 0 Å². The first kappa shape index (κ1) is 13.4. The molecule has 1 aliphatic heterocycles. The van der Waals surface area contributed by atoms with Crippen LogP contribution < -0.4 is 5.73 Å². The average molecular weight is 238 g/mol. The van der Waals surface area contributed by atoms with Gasteiger partial charge in [0.1, 0.15) is 0 Å². The Bertz CT molecular complexity index is 223. The predicted molar refractivity (Wildman–Crippen MR) is 74.0 cm³/mol. The molecule has 0 amide bonds. The van der Waals surface area contributed by atoms with E-state index >= 15 is 0 Å². The molecule has 1 saturated carbocycles. The Labute approximate surface area is 107 Å². The molecule has 2 fully saturated rings. The summed E-state index contributed by atoms with van der Waals surface area (Å²) in [6.45, 7) is 7.20. The van der Waals surface area contributed by atoms with Gasteiger partial charge < -0.3 is 10.6 Å². The lowest BCUT2D eigenvalue weighted by Gasteiger charge is -2.41. The highest BCUT2D eigenvalue weighted by molar-refractivity contribution is 4.86. The maximum atomic E-state index is 6.13. The standard InChI is InChI=1S/C15H30N2/c1-12-13(2)17(11-9-15(12)16)10-5-8-14-6-3-4-7-14/h12-15H,3-11,16H2,1-2H3. The summed E-state index contributed by atoms with van der Waals surface area (Å²) in [6, 6.07) is 1.11. The topological polar surface area (TPSA) is 29.3 Å². The van der Waals surface area contributed by atoms with Gasteiger partial charge in [-0.1, -0.05) is 32.6 Å². The molecule has 0 aromatic heterocycles. The molecule has 1 aliphatic carbocycles. The van der Waals surface area contributed by atoms with Crippen LogP contribution in [0.1, 0.15) is 58.8 Å². The molecule has 0 aromatic carbocycles. The second-order valence-corrected chi connectivity index (χ2v) is 6.38. The molecule has 2 N–H and O–H groups in total. The van der Waals surface area contributed by atoms with Gasteiger partial charge in [-0.2, -0.15) is 0 Å². The van der Waals surface area contributed by atoms with Crippen LogP contribution in [0.4, 0.5) is 0 Å². The van der Waals surface area contributed by atoms with E-state index in [1.807, 2.05) is 0 Å². The molecule has 2 rings (SSSR count). The molecule has 1 heterocycles. The Kier molecular flexibility index (Phi) is 4.87. The van der Waals surface area contributed by atoms with Gasteiger partial charge in [-0.05, 0) is 51.1 Å². The maximum Gasteiger partial charge on any atom is 0.0107 e. The van der Waals surface area contributed by atoms with Gasteiger partial charge in [0, 0.05) is 12.1 Å². The van der Waals surface area contributed by atoms with Gasteiger partial charge in [0.25, 0.3) is 0 Å². The quantitative estimate of drug-likeness (QED) is 0.816. The highest BCUT2D eigenvalue weighted by Crippen LogP contribution is 2.29. The summed E-state index contributed by atoms with van der Waals surface area (Å²) in [5.41, 5.74) is 6.13. The van der Waals surface area contributed by atoms with Crippen LogP contribution in [0.5, 0.6) is 0 Å². The summed E-state index contributed by atoms with van der Waals surface area (Å²) in [5.74, 6) is 1.71. The van der Waals surface area contributed by atoms with E-state index in [4.69, 9.17) is 5.73 Å². The first-order chi connectivity index (χ1) is 8.18. The molecule has 2 aliphatic rings. The van der Waals surface area contributed by atoms with Gasteiger partial charge in [0.15, 0.2) is 0 Å². The molecule has 100 valence electrons. The number of rotatable bonds is 4. The fourth-order valence-electron chi connectivity index (χ4n) is 3.67. The minimum Gasteiger partial charge on any atom is -0.327 e. The van der Waals surface area contributed by atoms with Crippen LogP contribution in [0.15, 0.2) is 0 Å². The van der Waals surface area contributed by atoms with Crippen LogP contribution >= 0.6 is 0 Å². The number of nitrogens with two attached hydrogens (primary N) is 1. The van der Waals surface area contributed by atoms with Gasteiger partial charge in [-0.25, -0.2) is 0 Å². The van der Waals surface area contributed by atoms with Crippen molar-refractivity contribution in [2.45, 2.75) is 70.9 Å². The highest BCUT2D eigenvalue weighted by atomic mass is 15.2. The van der Waals surface area contributed by atoms with Gasteiger partial charge in [-0.3, -0.25) is 0 Å². The Hall–Kier alpha value is -0.0800. The summed E-state index contributed by atoms with van der Waals surface area (Å²) in [6.07, 6.45) is 10.0. The summed E-state index contributed by atoms with van der Waals surface area (Å²) in [5, 5.41) is 0. The summed E-state index contributed by atoms with van der Waals surface area (Å²) in [4.78, 5) is 2.67. The van der Waals surface area contributed by atoms with E-state index in [0.717, 1.165) is 5.92 Å². The molecule has 17 heavy (non-hydrogen) atoms. The lowest BCUT2D eigenvalue weighted by atomic mass is 9.87. The Balaban J connectivity index is 1.67. The fraction of sp³-hybridized carbons (Fsp3) is 1.00. The Morgan fingerprint density at radius 3 is 2.53 bits per heavy atom. The third-order valence-corrected chi connectivity index (χ3v) is 5.29. The second-order valence-electron chi connectivity index (χ2n) is 6.38. The third kappa shape index (κ3) is 3.45. The zero-order valence-electron chi connectivity index (χ0n) is 11.7. The van der Waals surface area contributed by atoms with Crippen molar-refractivity contribution in [3.63, 3.8) is 0 Å². The molecule has 0 radical (unpaired) electrons. The minimum atomic E-state index is 0.427. The predicted octanol–water partition coefficient (Wildman–Crippen LogP) is 3.01. The van der Waals surface area contributed by atoms with Crippen LogP contribution in [0, 0.1) is 11.8 Å². The number of piperidine rings is 1. The molecular formula is C15H30N2. The van der Waals surface area contributed by atoms with Crippen molar-refractivity contribution in [1.29, 1.82) is 0 Å². The zero-order chi connectivity index (χ0) is 12.3. The largest absolute Gasteiger partial charge is 0.327 e. The summed E-state index contributed by atoms with van der Waals surface area (Å²) in [7, 11) is 0. The van der Waals surface area contributed by atoms with Gasteiger partial charge in [0.2, 0.25) is 0 Å². The molecule has 1 saturated heterocycles. The number of likely N-dealkylation sites (tertiary alicyclic amines) is 1. The summed E-state index contributed by atoms with van der Waals surface area (Å²) < 4.78 is 0. The van der Waals surface area contributed by atoms with Crippen LogP contribution in [0.3, 0.4) is 0 Å². The first-order valence-electron chi connectivity index (χ1n) is 7.68. The van der Waals surface area contributed by atoms with E-state index in [-0.39, 0.29) is 0 Å². The number of nitrogens with zero attached hydrogens (tertiary/aromatic N) is 1. The number of hydrogen-bond donors (Lipinski definition) is 1. The van der Waals surface area contributed by atoms with Crippen molar-refractivity contribution in [2.75, 3.05) is 13.1 Å². The summed E-state index contributed by atoms with van der Waals surface area (Å²) >= 11 is 0. The lowest BCUT2D eigenvalue weighted by Crippen LogP contribution is -2.51. The van der Waals surface area contributed by atoms with Crippen molar-refractivity contribution >= 4 is 0 Å². The molecule has 2 nitrogen and oxygen atoms in total. The average Bonchev–Trinajstić information content (AvgIpc) is 2.82.